The monoisotopic (exact) mass is 318 g/mol. The minimum Gasteiger partial charge on any atom is -0.352 e. The average molecular weight is 319 g/mol. The van der Waals surface area contributed by atoms with E-state index in [2.05, 4.69) is 5.32 Å². The summed E-state index contributed by atoms with van der Waals surface area (Å²) in [4.78, 5) is 22.4. The fourth-order valence-electron chi connectivity index (χ4n) is 2.02. The number of halogens is 1. The molecule has 5 nitrogen and oxygen atoms in total. The Bertz CT molecular complexity index is 699. The Balaban J connectivity index is 1.96. The van der Waals surface area contributed by atoms with Crippen molar-refractivity contribution < 1.29 is 9.72 Å². The number of nitrogens with zero attached hydrogens (tertiary/aromatic N) is 1. The average Bonchev–Trinajstić information content (AvgIpc) is 2.49. The first-order valence-corrected chi connectivity index (χ1v) is 7.13. The van der Waals surface area contributed by atoms with E-state index < -0.39 is 4.92 Å². The highest BCUT2D eigenvalue weighted by atomic mass is 35.5. The van der Waals surface area contributed by atoms with E-state index in [1.165, 1.54) is 6.07 Å². The van der Waals surface area contributed by atoms with Crippen LogP contribution in [0.3, 0.4) is 0 Å². The molecule has 0 saturated heterocycles. The standard InChI is InChI=1S/C16H15ClN2O3/c1-11-2-5-13(10-15(11)19(21)22)16(20)18-9-8-12-3-6-14(17)7-4-12/h2-7,10H,8-9H2,1H3,(H,18,20). The third-order valence-electron chi connectivity index (χ3n) is 3.28. The molecule has 0 unspecified atom stereocenters. The van der Waals surface area contributed by atoms with Crippen LogP contribution >= 0.6 is 11.6 Å². The minimum atomic E-state index is -0.486. The molecule has 2 aromatic rings. The molecule has 114 valence electrons. The van der Waals surface area contributed by atoms with Gasteiger partial charge in [-0.05, 0) is 37.1 Å². The van der Waals surface area contributed by atoms with Crippen LogP contribution in [-0.4, -0.2) is 17.4 Å². The third-order valence-corrected chi connectivity index (χ3v) is 3.53. The number of nitro groups is 1. The van der Waals surface area contributed by atoms with Crippen LogP contribution in [-0.2, 0) is 6.42 Å². The molecule has 0 radical (unpaired) electrons. The first-order valence-electron chi connectivity index (χ1n) is 6.75. The molecule has 0 aliphatic carbocycles. The quantitative estimate of drug-likeness (QED) is 0.677. The molecule has 0 atom stereocenters. The predicted octanol–water partition coefficient (Wildman–Crippen LogP) is 3.53. The largest absolute Gasteiger partial charge is 0.352 e. The van der Waals surface area contributed by atoms with Crippen LogP contribution in [0.4, 0.5) is 5.69 Å². The van der Waals surface area contributed by atoms with Crippen molar-refractivity contribution in [2.24, 2.45) is 0 Å². The lowest BCUT2D eigenvalue weighted by atomic mass is 10.1. The lowest BCUT2D eigenvalue weighted by Crippen LogP contribution is -2.25. The van der Waals surface area contributed by atoms with Crippen LogP contribution in [0.2, 0.25) is 5.02 Å². The Labute approximate surface area is 133 Å². The third kappa shape index (κ3) is 4.05. The van der Waals surface area contributed by atoms with Gasteiger partial charge in [0.1, 0.15) is 0 Å². The maximum Gasteiger partial charge on any atom is 0.273 e. The maximum absolute atomic E-state index is 12.0. The molecule has 0 aliphatic heterocycles. The summed E-state index contributed by atoms with van der Waals surface area (Å²) >= 11 is 5.80. The van der Waals surface area contributed by atoms with Crippen molar-refractivity contribution >= 4 is 23.2 Å². The van der Waals surface area contributed by atoms with Gasteiger partial charge in [-0.1, -0.05) is 29.8 Å². The normalized spacial score (nSPS) is 10.3. The molecule has 2 rings (SSSR count). The highest BCUT2D eigenvalue weighted by molar-refractivity contribution is 6.30. The fraction of sp³-hybridized carbons (Fsp3) is 0.188. The highest BCUT2D eigenvalue weighted by Crippen LogP contribution is 2.19. The number of rotatable bonds is 5. The van der Waals surface area contributed by atoms with Crippen molar-refractivity contribution in [3.63, 3.8) is 0 Å². The van der Waals surface area contributed by atoms with Crippen molar-refractivity contribution in [2.75, 3.05) is 6.54 Å². The van der Waals surface area contributed by atoms with E-state index in [4.69, 9.17) is 11.6 Å². The fourth-order valence-corrected chi connectivity index (χ4v) is 2.15. The van der Waals surface area contributed by atoms with Crippen LogP contribution < -0.4 is 5.32 Å². The topological polar surface area (TPSA) is 72.2 Å². The molecule has 0 spiro atoms. The van der Waals surface area contributed by atoms with E-state index in [9.17, 15) is 14.9 Å². The molecular weight excluding hydrogens is 304 g/mol. The first kappa shape index (κ1) is 16.0. The van der Waals surface area contributed by atoms with Crippen molar-refractivity contribution in [1.82, 2.24) is 5.32 Å². The van der Waals surface area contributed by atoms with Crippen LogP contribution in [0.5, 0.6) is 0 Å². The second kappa shape index (κ2) is 7.04. The number of carbonyl (C=O) groups excluding carboxylic acids is 1. The molecular formula is C16H15ClN2O3. The highest BCUT2D eigenvalue weighted by Gasteiger charge is 2.14. The van der Waals surface area contributed by atoms with Crippen LogP contribution in [0, 0.1) is 17.0 Å². The zero-order chi connectivity index (χ0) is 16.1. The number of aryl methyl sites for hydroxylation is 1. The molecule has 0 bridgehead atoms. The Morgan fingerprint density at radius 3 is 2.55 bits per heavy atom. The van der Waals surface area contributed by atoms with Crippen molar-refractivity contribution in [2.45, 2.75) is 13.3 Å². The van der Waals surface area contributed by atoms with Crippen molar-refractivity contribution in [3.05, 3.63) is 74.3 Å². The molecule has 1 amide bonds. The Kier molecular flexibility index (Phi) is 5.12. The van der Waals surface area contributed by atoms with E-state index >= 15 is 0 Å². The van der Waals surface area contributed by atoms with Gasteiger partial charge in [0.25, 0.3) is 11.6 Å². The summed E-state index contributed by atoms with van der Waals surface area (Å²) < 4.78 is 0. The van der Waals surface area contributed by atoms with Gasteiger partial charge >= 0.3 is 0 Å². The zero-order valence-corrected chi connectivity index (χ0v) is 12.8. The minimum absolute atomic E-state index is 0.0506. The van der Waals surface area contributed by atoms with Gasteiger partial charge in [-0.25, -0.2) is 0 Å². The van der Waals surface area contributed by atoms with E-state index in [0.29, 0.717) is 23.6 Å². The molecule has 0 aromatic heterocycles. The molecule has 0 fully saturated rings. The van der Waals surface area contributed by atoms with E-state index in [0.717, 1.165) is 5.56 Å². The van der Waals surface area contributed by atoms with Gasteiger partial charge in [0, 0.05) is 28.8 Å². The van der Waals surface area contributed by atoms with Gasteiger partial charge in [0.2, 0.25) is 0 Å². The van der Waals surface area contributed by atoms with Gasteiger partial charge in [0.05, 0.1) is 4.92 Å². The Morgan fingerprint density at radius 2 is 1.91 bits per heavy atom. The number of amides is 1. The van der Waals surface area contributed by atoms with E-state index in [1.54, 1.807) is 31.2 Å². The molecule has 2 aromatic carbocycles. The van der Waals surface area contributed by atoms with Crippen LogP contribution in [0.25, 0.3) is 0 Å². The molecule has 22 heavy (non-hydrogen) atoms. The summed E-state index contributed by atoms with van der Waals surface area (Å²) in [6, 6.07) is 11.8. The van der Waals surface area contributed by atoms with E-state index in [-0.39, 0.29) is 17.2 Å². The molecule has 0 heterocycles. The second-order valence-corrected chi connectivity index (χ2v) is 5.33. The smallest absolute Gasteiger partial charge is 0.273 e. The van der Waals surface area contributed by atoms with E-state index in [1.807, 2.05) is 12.1 Å². The number of carbonyl (C=O) groups is 1. The van der Waals surface area contributed by atoms with Gasteiger partial charge in [-0.3, -0.25) is 14.9 Å². The van der Waals surface area contributed by atoms with Gasteiger partial charge in [-0.2, -0.15) is 0 Å². The van der Waals surface area contributed by atoms with Crippen LogP contribution in [0.1, 0.15) is 21.5 Å². The number of nitro benzene ring substituents is 1. The number of hydrogen-bond donors (Lipinski definition) is 1. The predicted molar refractivity (Wildman–Crippen MR) is 85.3 cm³/mol. The lowest BCUT2D eigenvalue weighted by Gasteiger charge is -2.06. The SMILES string of the molecule is Cc1ccc(C(=O)NCCc2ccc(Cl)cc2)cc1[N+](=O)[O-]. The lowest BCUT2D eigenvalue weighted by molar-refractivity contribution is -0.385. The summed E-state index contributed by atoms with van der Waals surface area (Å²) in [6.07, 6.45) is 0.664. The maximum atomic E-state index is 12.0. The Morgan fingerprint density at radius 1 is 1.23 bits per heavy atom. The van der Waals surface area contributed by atoms with Gasteiger partial charge in [0.15, 0.2) is 0 Å². The summed E-state index contributed by atoms with van der Waals surface area (Å²) in [5, 5.41) is 14.3. The van der Waals surface area contributed by atoms with Gasteiger partial charge < -0.3 is 5.32 Å². The summed E-state index contributed by atoms with van der Waals surface area (Å²) in [5.74, 6) is -0.322. The molecule has 0 saturated carbocycles. The number of nitrogens with one attached hydrogen (secondary N) is 1. The van der Waals surface area contributed by atoms with Gasteiger partial charge in [-0.15, -0.1) is 0 Å². The molecule has 6 heteroatoms. The van der Waals surface area contributed by atoms with Crippen molar-refractivity contribution in [3.8, 4) is 0 Å². The summed E-state index contributed by atoms with van der Waals surface area (Å²) in [6.45, 7) is 2.09. The molecule has 1 N–H and O–H groups in total. The second-order valence-electron chi connectivity index (χ2n) is 4.89. The zero-order valence-electron chi connectivity index (χ0n) is 12.0. The number of hydrogen-bond acceptors (Lipinski definition) is 3. The summed E-state index contributed by atoms with van der Waals surface area (Å²) in [5.41, 5.74) is 1.82. The number of benzene rings is 2. The van der Waals surface area contributed by atoms with Crippen molar-refractivity contribution in [1.29, 1.82) is 0 Å². The van der Waals surface area contributed by atoms with Crippen LogP contribution in [0.15, 0.2) is 42.5 Å². The molecule has 0 aliphatic rings. The summed E-state index contributed by atoms with van der Waals surface area (Å²) in [7, 11) is 0. The Hall–Kier alpha value is -2.40. The first-order chi connectivity index (χ1) is 10.5.